The molecular weight excluding hydrogens is 226 g/mol. The first kappa shape index (κ1) is 12.7. The molecule has 0 radical (unpaired) electrons. The Morgan fingerprint density at radius 2 is 2.00 bits per heavy atom. The molecule has 4 nitrogen and oxygen atoms in total. The first-order valence-corrected chi connectivity index (χ1v) is 5.89. The van der Waals surface area contributed by atoms with E-state index in [1.54, 1.807) is 6.20 Å². The van der Waals surface area contributed by atoms with Gasteiger partial charge < -0.3 is 10.8 Å². The Morgan fingerprint density at radius 1 is 1.22 bits per heavy atom. The quantitative estimate of drug-likeness (QED) is 0.861. The lowest BCUT2D eigenvalue weighted by Gasteiger charge is -2.09. The maximum Gasteiger partial charge on any atom is 0.147 e. The van der Waals surface area contributed by atoms with Gasteiger partial charge in [-0.1, -0.05) is 12.1 Å². The third-order valence-electron chi connectivity index (χ3n) is 3.01. The zero-order valence-corrected chi connectivity index (χ0v) is 10.6. The molecule has 4 heteroatoms. The standard InChI is InChI=1S/C14H17N3O/c1-9-3-4-11(7-10(9)2)13-5-6-16-14(17-13)12(15)8-18/h3-7,12,18H,8,15H2,1-2H3. The van der Waals surface area contributed by atoms with E-state index in [-0.39, 0.29) is 6.61 Å². The van der Waals surface area contributed by atoms with E-state index in [1.807, 2.05) is 12.1 Å². The van der Waals surface area contributed by atoms with Gasteiger partial charge in [-0.3, -0.25) is 0 Å². The van der Waals surface area contributed by atoms with Gasteiger partial charge >= 0.3 is 0 Å². The maximum atomic E-state index is 9.03. The Kier molecular flexibility index (Phi) is 3.69. The average molecular weight is 243 g/mol. The van der Waals surface area contributed by atoms with E-state index >= 15 is 0 Å². The smallest absolute Gasteiger partial charge is 0.147 e. The van der Waals surface area contributed by atoms with Crippen LogP contribution in [0.2, 0.25) is 0 Å². The van der Waals surface area contributed by atoms with Crippen LogP contribution in [0.4, 0.5) is 0 Å². The molecule has 1 heterocycles. The highest BCUT2D eigenvalue weighted by Crippen LogP contribution is 2.20. The summed E-state index contributed by atoms with van der Waals surface area (Å²) in [6, 6.07) is 7.50. The van der Waals surface area contributed by atoms with Crippen molar-refractivity contribution in [3.63, 3.8) is 0 Å². The number of aliphatic hydroxyl groups excluding tert-OH is 1. The van der Waals surface area contributed by atoms with Crippen LogP contribution in [-0.2, 0) is 0 Å². The molecule has 0 aliphatic rings. The second kappa shape index (κ2) is 5.25. The molecule has 0 bridgehead atoms. The number of hydrogen-bond donors (Lipinski definition) is 2. The second-order valence-electron chi connectivity index (χ2n) is 4.39. The number of benzene rings is 1. The molecule has 0 fully saturated rings. The molecule has 0 aliphatic heterocycles. The zero-order valence-electron chi connectivity index (χ0n) is 10.6. The van der Waals surface area contributed by atoms with E-state index < -0.39 is 6.04 Å². The highest BCUT2D eigenvalue weighted by molar-refractivity contribution is 5.60. The minimum Gasteiger partial charge on any atom is -0.394 e. The molecular formula is C14H17N3O. The van der Waals surface area contributed by atoms with Gasteiger partial charge in [-0.05, 0) is 37.1 Å². The van der Waals surface area contributed by atoms with Crippen LogP contribution in [0.1, 0.15) is 23.0 Å². The minimum absolute atomic E-state index is 0.156. The summed E-state index contributed by atoms with van der Waals surface area (Å²) < 4.78 is 0. The van der Waals surface area contributed by atoms with Crippen LogP contribution >= 0.6 is 0 Å². The molecule has 0 saturated carbocycles. The van der Waals surface area contributed by atoms with E-state index in [9.17, 15) is 0 Å². The summed E-state index contributed by atoms with van der Waals surface area (Å²) in [5.41, 5.74) is 10.1. The highest BCUT2D eigenvalue weighted by atomic mass is 16.3. The van der Waals surface area contributed by atoms with Crippen LogP contribution < -0.4 is 5.73 Å². The first-order valence-electron chi connectivity index (χ1n) is 5.89. The molecule has 1 atom stereocenters. The number of aromatic nitrogens is 2. The van der Waals surface area contributed by atoms with Crippen molar-refractivity contribution in [3.8, 4) is 11.3 Å². The molecule has 2 aromatic rings. The number of nitrogens with two attached hydrogens (primary N) is 1. The number of rotatable bonds is 3. The Hall–Kier alpha value is -1.78. The molecule has 0 aliphatic carbocycles. The lowest BCUT2D eigenvalue weighted by atomic mass is 10.0. The summed E-state index contributed by atoms with van der Waals surface area (Å²) in [5.74, 6) is 0.466. The molecule has 1 unspecified atom stereocenters. The van der Waals surface area contributed by atoms with Crippen LogP contribution in [0.3, 0.4) is 0 Å². The van der Waals surface area contributed by atoms with Crippen molar-refractivity contribution in [2.75, 3.05) is 6.61 Å². The Morgan fingerprint density at radius 3 is 2.67 bits per heavy atom. The second-order valence-corrected chi connectivity index (χ2v) is 4.39. The van der Waals surface area contributed by atoms with Crippen molar-refractivity contribution in [2.24, 2.45) is 5.73 Å². The largest absolute Gasteiger partial charge is 0.394 e. The van der Waals surface area contributed by atoms with Crippen LogP contribution in [0.25, 0.3) is 11.3 Å². The number of aryl methyl sites for hydroxylation is 2. The van der Waals surface area contributed by atoms with Gasteiger partial charge in [0.15, 0.2) is 0 Å². The van der Waals surface area contributed by atoms with Crippen LogP contribution in [0.15, 0.2) is 30.5 Å². The normalized spacial score (nSPS) is 12.4. The van der Waals surface area contributed by atoms with Gasteiger partial charge in [-0.2, -0.15) is 0 Å². The average Bonchev–Trinajstić information content (AvgIpc) is 2.41. The molecule has 0 saturated heterocycles. The molecule has 94 valence electrons. The number of nitrogens with zero attached hydrogens (tertiary/aromatic N) is 2. The van der Waals surface area contributed by atoms with Gasteiger partial charge in [0.05, 0.1) is 18.3 Å². The topological polar surface area (TPSA) is 72.0 Å². The first-order chi connectivity index (χ1) is 8.61. The third kappa shape index (κ3) is 2.55. The van der Waals surface area contributed by atoms with E-state index in [0.717, 1.165) is 11.3 Å². The Labute approximate surface area is 107 Å². The summed E-state index contributed by atoms with van der Waals surface area (Å²) >= 11 is 0. The predicted octanol–water partition coefficient (Wildman–Crippen LogP) is 1.75. The van der Waals surface area contributed by atoms with E-state index in [1.165, 1.54) is 11.1 Å². The molecule has 18 heavy (non-hydrogen) atoms. The van der Waals surface area contributed by atoms with E-state index in [4.69, 9.17) is 10.8 Å². The van der Waals surface area contributed by atoms with E-state index in [0.29, 0.717) is 5.82 Å². The maximum absolute atomic E-state index is 9.03. The lowest BCUT2D eigenvalue weighted by molar-refractivity contribution is 0.263. The zero-order chi connectivity index (χ0) is 13.1. The number of hydrogen-bond acceptors (Lipinski definition) is 4. The van der Waals surface area contributed by atoms with Gasteiger partial charge in [0, 0.05) is 11.8 Å². The van der Waals surface area contributed by atoms with Crippen LogP contribution in [-0.4, -0.2) is 21.7 Å². The van der Waals surface area contributed by atoms with E-state index in [2.05, 4.69) is 35.9 Å². The number of aliphatic hydroxyl groups is 1. The van der Waals surface area contributed by atoms with Crippen LogP contribution in [0.5, 0.6) is 0 Å². The molecule has 2 rings (SSSR count). The van der Waals surface area contributed by atoms with Gasteiger partial charge in [-0.25, -0.2) is 9.97 Å². The highest BCUT2D eigenvalue weighted by Gasteiger charge is 2.09. The van der Waals surface area contributed by atoms with Crippen molar-refractivity contribution in [3.05, 3.63) is 47.4 Å². The summed E-state index contributed by atoms with van der Waals surface area (Å²) in [6.07, 6.45) is 1.67. The Bertz CT molecular complexity index is 554. The van der Waals surface area contributed by atoms with Gasteiger partial charge in [-0.15, -0.1) is 0 Å². The molecule has 1 aromatic heterocycles. The van der Waals surface area contributed by atoms with Crippen molar-refractivity contribution < 1.29 is 5.11 Å². The fourth-order valence-corrected chi connectivity index (χ4v) is 1.70. The van der Waals surface area contributed by atoms with Crippen molar-refractivity contribution >= 4 is 0 Å². The fourth-order valence-electron chi connectivity index (χ4n) is 1.70. The summed E-state index contributed by atoms with van der Waals surface area (Å²) in [4.78, 5) is 8.47. The van der Waals surface area contributed by atoms with Crippen molar-refractivity contribution in [1.82, 2.24) is 9.97 Å². The summed E-state index contributed by atoms with van der Waals surface area (Å²) in [5, 5.41) is 9.03. The Balaban J connectivity index is 2.41. The molecule has 3 N–H and O–H groups in total. The monoisotopic (exact) mass is 243 g/mol. The molecule has 0 amide bonds. The van der Waals surface area contributed by atoms with Gasteiger partial charge in [0.1, 0.15) is 5.82 Å². The minimum atomic E-state index is -0.531. The predicted molar refractivity (Wildman–Crippen MR) is 71.0 cm³/mol. The molecule has 1 aromatic carbocycles. The molecule has 0 spiro atoms. The van der Waals surface area contributed by atoms with Crippen LogP contribution in [0, 0.1) is 13.8 Å². The summed E-state index contributed by atoms with van der Waals surface area (Å²) in [7, 11) is 0. The van der Waals surface area contributed by atoms with Gasteiger partial charge in [0.2, 0.25) is 0 Å². The third-order valence-corrected chi connectivity index (χ3v) is 3.01. The van der Waals surface area contributed by atoms with Crippen molar-refractivity contribution in [1.29, 1.82) is 0 Å². The SMILES string of the molecule is Cc1ccc(-c2ccnc(C(N)CO)n2)cc1C. The fraction of sp³-hybridized carbons (Fsp3) is 0.286. The van der Waals surface area contributed by atoms with Crippen molar-refractivity contribution in [2.45, 2.75) is 19.9 Å². The lowest BCUT2D eigenvalue weighted by Crippen LogP contribution is -2.17. The summed E-state index contributed by atoms with van der Waals surface area (Å²) in [6.45, 7) is 3.99. The van der Waals surface area contributed by atoms with Gasteiger partial charge in [0.25, 0.3) is 0 Å².